The number of carbonyl (C=O) groups excluding carboxylic acids is 1. The molecule has 0 bridgehead atoms. The van der Waals surface area contributed by atoms with E-state index in [9.17, 15) is 18.0 Å². The Balaban J connectivity index is 1.72. The number of rotatable bonds is 4. The van der Waals surface area contributed by atoms with Gasteiger partial charge in [0.05, 0.1) is 34.7 Å². The number of aromatic nitrogens is 3. The summed E-state index contributed by atoms with van der Waals surface area (Å²) in [6.45, 7) is 4.06. The summed E-state index contributed by atoms with van der Waals surface area (Å²) in [5, 5.41) is 7.56. The van der Waals surface area contributed by atoms with E-state index in [1.807, 2.05) is 30.3 Å². The number of fused-ring (bicyclic) bond motifs is 1. The lowest BCUT2D eigenvalue weighted by molar-refractivity contribution is -0.140. The van der Waals surface area contributed by atoms with Crippen LogP contribution in [0.15, 0.2) is 59.1 Å². The fourth-order valence-electron chi connectivity index (χ4n) is 3.50. The monoisotopic (exact) mass is 502 g/mol. The molecule has 0 saturated heterocycles. The number of hydrogen-bond donors (Lipinski definition) is 1. The van der Waals surface area contributed by atoms with Crippen LogP contribution in [0.2, 0.25) is 0 Å². The minimum Gasteiger partial charge on any atom is -0.319 e. The van der Waals surface area contributed by atoms with Gasteiger partial charge in [0.2, 0.25) is 0 Å². The van der Waals surface area contributed by atoms with Crippen LogP contribution in [-0.4, -0.2) is 20.7 Å². The highest BCUT2D eigenvalue weighted by Crippen LogP contribution is 2.32. The number of nitrogens with zero attached hydrogens (tertiary/aromatic N) is 3. The van der Waals surface area contributed by atoms with Crippen LogP contribution in [0.3, 0.4) is 0 Å². The molecule has 5 nitrogen and oxygen atoms in total. The van der Waals surface area contributed by atoms with Crippen molar-refractivity contribution in [2.24, 2.45) is 0 Å². The molecule has 0 aliphatic carbocycles. The van der Waals surface area contributed by atoms with Gasteiger partial charge in [0.15, 0.2) is 0 Å². The predicted molar refractivity (Wildman–Crippen MR) is 120 cm³/mol. The zero-order valence-electron chi connectivity index (χ0n) is 17.2. The van der Waals surface area contributed by atoms with Crippen LogP contribution in [0, 0.1) is 13.8 Å². The lowest BCUT2D eigenvalue weighted by Crippen LogP contribution is -2.17. The van der Waals surface area contributed by atoms with Gasteiger partial charge in [-0.05, 0) is 43.7 Å². The second-order valence-corrected chi connectivity index (χ2v) is 8.27. The molecule has 32 heavy (non-hydrogen) atoms. The van der Waals surface area contributed by atoms with Crippen LogP contribution in [0.5, 0.6) is 0 Å². The molecule has 0 saturated carbocycles. The first kappa shape index (κ1) is 22.0. The third-order valence-corrected chi connectivity index (χ3v) is 5.59. The van der Waals surface area contributed by atoms with Gasteiger partial charge in [0, 0.05) is 9.86 Å². The maximum absolute atomic E-state index is 13.4. The summed E-state index contributed by atoms with van der Waals surface area (Å²) in [4.78, 5) is 16.8. The van der Waals surface area contributed by atoms with Crippen molar-refractivity contribution >= 4 is 38.4 Å². The number of nitrogens with one attached hydrogen (secondary N) is 1. The Kier molecular flexibility index (Phi) is 5.77. The van der Waals surface area contributed by atoms with E-state index in [4.69, 9.17) is 0 Å². The number of carbonyl (C=O) groups is 1. The van der Waals surface area contributed by atoms with E-state index in [1.165, 1.54) is 6.07 Å². The highest BCUT2D eigenvalue weighted by atomic mass is 79.9. The van der Waals surface area contributed by atoms with E-state index in [0.717, 1.165) is 11.6 Å². The Morgan fingerprint density at radius 1 is 1.09 bits per heavy atom. The van der Waals surface area contributed by atoms with Gasteiger partial charge in [-0.3, -0.25) is 9.48 Å². The zero-order valence-corrected chi connectivity index (χ0v) is 18.8. The second kappa shape index (κ2) is 8.38. The molecule has 2 aromatic heterocycles. The topological polar surface area (TPSA) is 59.8 Å². The van der Waals surface area contributed by atoms with E-state index in [0.29, 0.717) is 33.5 Å². The lowest BCUT2D eigenvalue weighted by Gasteiger charge is -2.13. The average Bonchev–Trinajstić information content (AvgIpc) is 3.00. The van der Waals surface area contributed by atoms with Crippen LogP contribution in [-0.2, 0) is 12.7 Å². The molecule has 1 N–H and O–H groups in total. The van der Waals surface area contributed by atoms with Crippen molar-refractivity contribution in [2.45, 2.75) is 26.6 Å². The van der Waals surface area contributed by atoms with Crippen molar-refractivity contribution in [1.82, 2.24) is 14.8 Å². The fraction of sp³-hybridized carbons (Fsp3) is 0.174. The van der Waals surface area contributed by atoms with Gasteiger partial charge in [-0.2, -0.15) is 18.3 Å². The van der Waals surface area contributed by atoms with Crippen molar-refractivity contribution in [3.8, 4) is 0 Å². The molecule has 0 aliphatic heterocycles. The highest BCUT2D eigenvalue weighted by molar-refractivity contribution is 9.10. The standard InChI is InChI=1S/C23H18BrF3N4O/c1-13-21(14(2)31(30-13)12-15-6-4-3-5-7-15)29-22(32)18-11-20(23(25,26)27)28-19-9-8-16(24)10-17(18)19/h3-11H,12H2,1-2H3,(H,29,32). The molecule has 0 aliphatic rings. The first-order valence-electron chi connectivity index (χ1n) is 9.70. The number of halogens is 4. The molecule has 0 radical (unpaired) electrons. The Labute approximate surface area is 190 Å². The van der Waals surface area contributed by atoms with Crippen LogP contribution < -0.4 is 5.32 Å². The van der Waals surface area contributed by atoms with E-state index >= 15 is 0 Å². The molecule has 4 rings (SSSR count). The third-order valence-electron chi connectivity index (χ3n) is 5.10. The number of anilines is 1. The normalized spacial score (nSPS) is 11.7. The van der Waals surface area contributed by atoms with Gasteiger partial charge < -0.3 is 5.32 Å². The van der Waals surface area contributed by atoms with Crippen molar-refractivity contribution < 1.29 is 18.0 Å². The van der Waals surface area contributed by atoms with Crippen molar-refractivity contribution in [2.75, 3.05) is 5.32 Å². The highest BCUT2D eigenvalue weighted by Gasteiger charge is 2.34. The second-order valence-electron chi connectivity index (χ2n) is 7.36. The summed E-state index contributed by atoms with van der Waals surface area (Å²) in [5.74, 6) is -0.661. The number of hydrogen-bond acceptors (Lipinski definition) is 3. The summed E-state index contributed by atoms with van der Waals surface area (Å²) < 4.78 is 42.5. The molecule has 2 aromatic carbocycles. The summed E-state index contributed by atoms with van der Waals surface area (Å²) in [6, 6.07) is 15.1. The van der Waals surface area contributed by atoms with Crippen LogP contribution in [0.4, 0.5) is 18.9 Å². The fourth-order valence-corrected chi connectivity index (χ4v) is 3.86. The maximum Gasteiger partial charge on any atom is 0.433 e. The minimum atomic E-state index is -4.68. The quantitative estimate of drug-likeness (QED) is 0.365. The molecule has 164 valence electrons. The molecule has 4 aromatic rings. The molecule has 2 heterocycles. The molecule has 0 fully saturated rings. The smallest absolute Gasteiger partial charge is 0.319 e. The molecular formula is C23H18BrF3N4O. The summed E-state index contributed by atoms with van der Waals surface area (Å²) in [6.07, 6.45) is -4.68. The van der Waals surface area contributed by atoms with Gasteiger partial charge in [-0.25, -0.2) is 4.98 Å². The van der Waals surface area contributed by atoms with Crippen molar-refractivity contribution in [1.29, 1.82) is 0 Å². The third kappa shape index (κ3) is 4.38. The van der Waals surface area contributed by atoms with Crippen molar-refractivity contribution in [3.05, 3.63) is 87.3 Å². The first-order chi connectivity index (χ1) is 15.1. The number of aryl methyl sites for hydroxylation is 1. The van der Waals surface area contributed by atoms with Gasteiger partial charge >= 0.3 is 6.18 Å². The van der Waals surface area contributed by atoms with E-state index in [-0.39, 0.29) is 11.1 Å². The Morgan fingerprint density at radius 2 is 1.81 bits per heavy atom. The maximum atomic E-state index is 13.4. The number of pyridine rings is 1. The number of amides is 1. The van der Waals surface area contributed by atoms with E-state index in [2.05, 4.69) is 31.3 Å². The van der Waals surface area contributed by atoms with E-state index in [1.54, 1.807) is 30.7 Å². The SMILES string of the molecule is Cc1nn(Cc2ccccc2)c(C)c1NC(=O)c1cc(C(F)(F)F)nc2ccc(Br)cc12. The Morgan fingerprint density at radius 3 is 2.50 bits per heavy atom. The van der Waals surface area contributed by atoms with Crippen LogP contribution in [0.25, 0.3) is 10.9 Å². The molecule has 0 unspecified atom stereocenters. The Hall–Kier alpha value is -3.20. The van der Waals surface area contributed by atoms with Gasteiger partial charge in [-0.1, -0.05) is 46.3 Å². The van der Waals surface area contributed by atoms with Gasteiger partial charge in [0.25, 0.3) is 5.91 Å². The number of benzene rings is 2. The first-order valence-corrected chi connectivity index (χ1v) is 10.5. The van der Waals surface area contributed by atoms with E-state index < -0.39 is 17.8 Å². The molecule has 0 atom stereocenters. The molecule has 0 spiro atoms. The summed E-state index contributed by atoms with van der Waals surface area (Å²) in [7, 11) is 0. The van der Waals surface area contributed by atoms with Crippen LogP contribution >= 0.6 is 15.9 Å². The largest absolute Gasteiger partial charge is 0.433 e. The molecular weight excluding hydrogens is 485 g/mol. The van der Waals surface area contributed by atoms with Crippen LogP contribution in [0.1, 0.15) is 33.0 Å². The molecule has 1 amide bonds. The van der Waals surface area contributed by atoms with Crippen molar-refractivity contribution in [3.63, 3.8) is 0 Å². The Bertz CT molecular complexity index is 1320. The molecule has 9 heteroatoms. The number of alkyl halides is 3. The lowest BCUT2D eigenvalue weighted by atomic mass is 10.1. The summed E-state index contributed by atoms with van der Waals surface area (Å²) >= 11 is 3.30. The average molecular weight is 503 g/mol. The predicted octanol–water partition coefficient (Wildman–Crippen LogP) is 6.13. The van der Waals surface area contributed by atoms with Gasteiger partial charge in [-0.15, -0.1) is 0 Å². The zero-order chi connectivity index (χ0) is 23.0. The van der Waals surface area contributed by atoms with Gasteiger partial charge in [0.1, 0.15) is 5.69 Å². The summed E-state index contributed by atoms with van der Waals surface area (Å²) in [5.41, 5.74) is 1.64. The minimum absolute atomic E-state index is 0.0846.